The van der Waals surface area contributed by atoms with Crippen molar-refractivity contribution in [2.75, 3.05) is 45.2 Å². The zero-order valence-electron chi connectivity index (χ0n) is 14.5. The van der Waals surface area contributed by atoms with Gasteiger partial charge in [-0.15, -0.1) is 0 Å². The number of hydrogen-bond donors (Lipinski definition) is 1. The van der Waals surface area contributed by atoms with Gasteiger partial charge in [0.25, 0.3) is 0 Å². The lowest BCUT2D eigenvalue weighted by Gasteiger charge is -2.24. The van der Waals surface area contributed by atoms with Crippen LogP contribution in [0.2, 0.25) is 0 Å². The molecule has 0 aromatic heterocycles. The van der Waals surface area contributed by atoms with Gasteiger partial charge in [-0.05, 0) is 64.1 Å². The maximum absolute atomic E-state index is 3.49. The molecule has 3 heteroatoms. The summed E-state index contributed by atoms with van der Waals surface area (Å²) in [5, 5.41) is 3.49. The SMILES string of the molecule is CCN(CCCN(C)C)c1ccc(CNCC(C)C)cc1. The molecule has 0 aliphatic rings. The van der Waals surface area contributed by atoms with E-state index < -0.39 is 0 Å². The average molecular weight is 291 g/mol. The van der Waals surface area contributed by atoms with Crippen molar-refractivity contribution in [1.29, 1.82) is 0 Å². The van der Waals surface area contributed by atoms with Gasteiger partial charge in [0.05, 0.1) is 0 Å². The second kappa shape index (κ2) is 9.80. The Balaban J connectivity index is 2.46. The Bertz CT molecular complexity index is 371. The van der Waals surface area contributed by atoms with Crippen LogP contribution in [0.15, 0.2) is 24.3 Å². The first-order valence-electron chi connectivity index (χ1n) is 8.22. The van der Waals surface area contributed by atoms with E-state index in [9.17, 15) is 0 Å². The van der Waals surface area contributed by atoms with Crippen molar-refractivity contribution >= 4 is 5.69 Å². The lowest BCUT2D eigenvalue weighted by atomic mass is 10.1. The maximum atomic E-state index is 3.49. The topological polar surface area (TPSA) is 18.5 Å². The summed E-state index contributed by atoms with van der Waals surface area (Å²) in [4.78, 5) is 4.70. The van der Waals surface area contributed by atoms with Gasteiger partial charge in [-0.2, -0.15) is 0 Å². The minimum atomic E-state index is 0.705. The van der Waals surface area contributed by atoms with E-state index in [1.165, 1.54) is 17.7 Å². The van der Waals surface area contributed by atoms with Crippen molar-refractivity contribution in [2.24, 2.45) is 5.92 Å². The number of anilines is 1. The Kier molecular flexibility index (Phi) is 8.40. The average Bonchev–Trinajstić information content (AvgIpc) is 2.44. The molecule has 1 rings (SSSR count). The fourth-order valence-electron chi connectivity index (χ4n) is 2.38. The van der Waals surface area contributed by atoms with Gasteiger partial charge in [-0.3, -0.25) is 0 Å². The molecule has 1 aromatic carbocycles. The normalized spacial score (nSPS) is 11.4. The summed E-state index contributed by atoms with van der Waals surface area (Å²) in [5.74, 6) is 0.705. The highest BCUT2D eigenvalue weighted by molar-refractivity contribution is 5.47. The van der Waals surface area contributed by atoms with Crippen LogP contribution in [0.3, 0.4) is 0 Å². The number of rotatable bonds is 10. The fraction of sp³-hybridized carbons (Fsp3) is 0.667. The predicted molar refractivity (Wildman–Crippen MR) is 94.0 cm³/mol. The quantitative estimate of drug-likeness (QED) is 0.714. The van der Waals surface area contributed by atoms with Crippen LogP contribution in [-0.4, -0.2) is 45.2 Å². The zero-order chi connectivity index (χ0) is 15.7. The molecule has 0 radical (unpaired) electrons. The molecule has 3 nitrogen and oxygen atoms in total. The van der Waals surface area contributed by atoms with E-state index >= 15 is 0 Å². The summed E-state index contributed by atoms with van der Waals surface area (Å²) < 4.78 is 0. The highest BCUT2D eigenvalue weighted by atomic mass is 15.1. The highest BCUT2D eigenvalue weighted by Crippen LogP contribution is 2.15. The van der Waals surface area contributed by atoms with Crippen LogP contribution in [0.25, 0.3) is 0 Å². The van der Waals surface area contributed by atoms with Gasteiger partial charge >= 0.3 is 0 Å². The second-order valence-electron chi connectivity index (χ2n) is 6.43. The molecule has 0 aliphatic heterocycles. The Morgan fingerprint density at radius 3 is 2.24 bits per heavy atom. The number of hydrogen-bond acceptors (Lipinski definition) is 3. The molecule has 21 heavy (non-hydrogen) atoms. The maximum Gasteiger partial charge on any atom is 0.0366 e. The minimum Gasteiger partial charge on any atom is -0.372 e. The molecule has 0 unspecified atom stereocenters. The summed E-state index contributed by atoms with van der Waals surface area (Å²) in [6, 6.07) is 9.01. The van der Waals surface area contributed by atoms with Crippen LogP contribution in [-0.2, 0) is 6.54 Å². The fourth-order valence-corrected chi connectivity index (χ4v) is 2.38. The van der Waals surface area contributed by atoms with Gasteiger partial charge in [0.15, 0.2) is 0 Å². The highest BCUT2D eigenvalue weighted by Gasteiger charge is 2.04. The Morgan fingerprint density at radius 1 is 1.05 bits per heavy atom. The summed E-state index contributed by atoms with van der Waals surface area (Å²) in [5.41, 5.74) is 2.70. The van der Waals surface area contributed by atoms with Gasteiger partial charge in [-0.1, -0.05) is 26.0 Å². The van der Waals surface area contributed by atoms with E-state index in [4.69, 9.17) is 0 Å². The molecule has 1 N–H and O–H groups in total. The summed E-state index contributed by atoms with van der Waals surface area (Å²) in [6.07, 6.45) is 1.21. The van der Waals surface area contributed by atoms with E-state index in [1.54, 1.807) is 0 Å². The van der Waals surface area contributed by atoms with Gasteiger partial charge in [0, 0.05) is 25.3 Å². The lowest BCUT2D eigenvalue weighted by Crippen LogP contribution is -2.27. The summed E-state index contributed by atoms with van der Waals surface area (Å²) >= 11 is 0. The van der Waals surface area contributed by atoms with Crippen LogP contribution in [0, 0.1) is 5.92 Å². The van der Waals surface area contributed by atoms with Gasteiger partial charge < -0.3 is 15.1 Å². The van der Waals surface area contributed by atoms with Crippen LogP contribution < -0.4 is 10.2 Å². The van der Waals surface area contributed by atoms with Crippen molar-refractivity contribution in [3.8, 4) is 0 Å². The number of nitrogens with one attached hydrogen (secondary N) is 1. The first kappa shape index (κ1) is 18.0. The van der Waals surface area contributed by atoms with Crippen molar-refractivity contribution < 1.29 is 0 Å². The van der Waals surface area contributed by atoms with E-state index in [0.717, 1.165) is 32.7 Å². The van der Waals surface area contributed by atoms with E-state index in [1.807, 2.05) is 0 Å². The van der Waals surface area contributed by atoms with E-state index in [2.05, 4.69) is 74.2 Å². The molecule has 120 valence electrons. The Labute approximate surface area is 131 Å². The Morgan fingerprint density at radius 2 is 1.71 bits per heavy atom. The molecule has 1 aromatic rings. The van der Waals surface area contributed by atoms with Crippen molar-refractivity contribution in [3.63, 3.8) is 0 Å². The molecular formula is C18H33N3. The molecule has 0 atom stereocenters. The van der Waals surface area contributed by atoms with Crippen molar-refractivity contribution in [2.45, 2.75) is 33.7 Å². The smallest absolute Gasteiger partial charge is 0.0366 e. The third-order valence-electron chi connectivity index (χ3n) is 3.60. The third-order valence-corrected chi connectivity index (χ3v) is 3.60. The van der Waals surface area contributed by atoms with E-state index in [-0.39, 0.29) is 0 Å². The monoisotopic (exact) mass is 291 g/mol. The first-order chi connectivity index (χ1) is 10.0. The molecule has 0 fully saturated rings. The Hall–Kier alpha value is -1.06. The molecule has 0 aliphatic carbocycles. The minimum absolute atomic E-state index is 0.705. The predicted octanol–water partition coefficient (Wildman–Crippen LogP) is 3.21. The van der Waals surface area contributed by atoms with Gasteiger partial charge in [0.2, 0.25) is 0 Å². The third kappa shape index (κ3) is 7.49. The van der Waals surface area contributed by atoms with Crippen LogP contribution in [0.5, 0.6) is 0 Å². The molecule has 0 bridgehead atoms. The van der Waals surface area contributed by atoms with Gasteiger partial charge in [-0.25, -0.2) is 0 Å². The largest absolute Gasteiger partial charge is 0.372 e. The van der Waals surface area contributed by atoms with Crippen molar-refractivity contribution in [1.82, 2.24) is 10.2 Å². The molecule has 0 amide bonds. The zero-order valence-corrected chi connectivity index (χ0v) is 14.5. The number of nitrogens with zero attached hydrogens (tertiary/aromatic N) is 2. The van der Waals surface area contributed by atoms with Crippen LogP contribution in [0.4, 0.5) is 5.69 Å². The second-order valence-corrected chi connectivity index (χ2v) is 6.43. The van der Waals surface area contributed by atoms with Crippen LogP contribution in [0.1, 0.15) is 32.8 Å². The molecule has 0 saturated carbocycles. The van der Waals surface area contributed by atoms with Gasteiger partial charge in [0.1, 0.15) is 0 Å². The molecule has 0 spiro atoms. The number of benzene rings is 1. The summed E-state index contributed by atoms with van der Waals surface area (Å²) in [6.45, 7) is 12.1. The van der Waals surface area contributed by atoms with E-state index in [0.29, 0.717) is 5.92 Å². The summed E-state index contributed by atoms with van der Waals surface area (Å²) in [7, 11) is 4.27. The molecule has 0 saturated heterocycles. The molecular weight excluding hydrogens is 258 g/mol. The lowest BCUT2D eigenvalue weighted by molar-refractivity contribution is 0.400. The standard InChI is InChI=1S/C18H33N3/c1-6-21(13-7-12-20(4)5)18-10-8-17(9-11-18)15-19-14-16(2)3/h8-11,16,19H,6-7,12-15H2,1-5H3. The molecule has 0 heterocycles. The van der Waals surface area contributed by atoms with Crippen molar-refractivity contribution in [3.05, 3.63) is 29.8 Å². The first-order valence-corrected chi connectivity index (χ1v) is 8.22. The van der Waals surface area contributed by atoms with Crippen LogP contribution >= 0.6 is 0 Å².